The minimum atomic E-state index is -0.766. The molecule has 1 fully saturated rings. The van der Waals surface area contributed by atoms with Gasteiger partial charge in [-0.15, -0.1) is 11.6 Å². The number of alkyl halides is 1. The summed E-state index contributed by atoms with van der Waals surface area (Å²) in [6.07, 6.45) is 6.07. The highest BCUT2D eigenvalue weighted by Gasteiger charge is 2.23. The van der Waals surface area contributed by atoms with Gasteiger partial charge in [-0.3, -0.25) is 4.79 Å². The molecule has 23 heavy (non-hydrogen) atoms. The minimum Gasteiger partial charge on any atom is -0.465 e. The summed E-state index contributed by atoms with van der Waals surface area (Å²) in [4.78, 5) is 11.6. The van der Waals surface area contributed by atoms with Gasteiger partial charge in [0.1, 0.15) is 5.38 Å². The second-order valence-electron chi connectivity index (χ2n) is 5.91. The lowest BCUT2D eigenvalue weighted by atomic mass is 9.81. The third-order valence-corrected chi connectivity index (χ3v) is 4.93. The smallest absolute Gasteiger partial charge is 0.324 e. The van der Waals surface area contributed by atoms with E-state index in [0.717, 1.165) is 24.0 Å². The van der Waals surface area contributed by atoms with Gasteiger partial charge in [0.05, 0.1) is 18.2 Å². The van der Waals surface area contributed by atoms with Gasteiger partial charge in [0.25, 0.3) is 0 Å². The van der Waals surface area contributed by atoms with Crippen LogP contribution in [0.2, 0.25) is 5.02 Å². The van der Waals surface area contributed by atoms with Crippen LogP contribution in [0, 0.1) is 11.3 Å². The molecule has 0 aromatic heterocycles. The van der Waals surface area contributed by atoms with Crippen LogP contribution in [0.1, 0.15) is 61.6 Å². The van der Waals surface area contributed by atoms with Crippen molar-refractivity contribution in [1.29, 1.82) is 5.26 Å². The van der Waals surface area contributed by atoms with E-state index in [-0.39, 0.29) is 0 Å². The molecule has 0 spiro atoms. The van der Waals surface area contributed by atoms with Crippen molar-refractivity contribution in [3.63, 3.8) is 0 Å². The van der Waals surface area contributed by atoms with Crippen molar-refractivity contribution < 1.29 is 9.53 Å². The van der Waals surface area contributed by atoms with Crippen molar-refractivity contribution in [3.8, 4) is 6.07 Å². The van der Waals surface area contributed by atoms with Gasteiger partial charge in [-0.25, -0.2) is 0 Å². The number of esters is 1. The molecule has 1 aliphatic rings. The van der Waals surface area contributed by atoms with Crippen LogP contribution in [0.5, 0.6) is 0 Å². The summed E-state index contributed by atoms with van der Waals surface area (Å²) in [5, 5.41) is 9.34. The quantitative estimate of drug-likeness (QED) is 0.554. The van der Waals surface area contributed by atoms with Crippen LogP contribution in [-0.2, 0) is 16.0 Å². The molecule has 0 aliphatic heterocycles. The zero-order valence-electron chi connectivity index (χ0n) is 13.3. The molecule has 0 N–H and O–H groups in total. The van der Waals surface area contributed by atoms with E-state index in [1.165, 1.54) is 19.3 Å². The summed E-state index contributed by atoms with van der Waals surface area (Å²) in [6, 6.07) is 5.90. The van der Waals surface area contributed by atoms with E-state index in [4.69, 9.17) is 27.9 Å². The minimum absolute atomic E-state index is 0.298. The van der Waals surface area contributed by atoms with Gasteiger partial charge in [-0.1, -0.05) is 30.9 Å². The molecular formula is C18H21Cl2NO2. The van der Waals surface area contributed by atoms with Crippen molar-refractivity contribution in [1.82, 2.24) is 0 Å². The summed E-state index contributed by atoms with van der Waals surface area (Å²) in [7, 11) is 0. The highest BCUT2D eigenvalue weighted by atomic mass is 35.5. The van der Waals surface area contributed by atoms with Gasteiger partial charge in [0, 0.05) is 5.02 Å². The lowest BCUT2D eigenvalue weighted by molar-refractivity contribution is -0.142. The lowest BCUT2D eigenvalue weighted by Gasteiger charge is -2.24. The van der Waals surface area contributed by atoms with Crippen molar-refractivity contribution in [3.05, 3.63) is 33.8 Å². The van der Waals surface area contributed by atoms with Crippen molar-refractivity contribution >= 4 is 29.2 Å². The Morgan fingerprint density at radius 2 is 2.09 bits per heavy atom. The molecule has 3 nitrogen and oxygen atoms in total. The van der Waals surface area contributed by atoms with E-state index >= 15 is 0 Å². The first-order chi connectivity index (χ1) is 11.1. The SMILES string of the molecule is CCOC(=O)C(Cl)Cc1cc(Cl)c(C2CCCCC2)c(C#N)c1. The number of nitriles is 1. The summed E-state index contributed by atoms with van der Waals surface area (Å²) < 4.78 is 4.91. The number of halogens is 2. The normalized spacial score (nSPS) is 16.6. The predicted molar refractivity (Wildman–Crippen MR) is 92.0 cm³/mol. The van der Waals surface area contributed by atoms with E-state index < -0.39 is 11.3 Å². The van der Waals surface area contributed by atoms with Crippen molar-refractivity contribution in [2.45, 2.75) is 56.7 Å². The van der Waals surface area contributed by atoms with Crippen molar-refractivity contribution in [2.75, 3.05) is 6.61 Å². The maximum absolute atomic E-state index is 11.6. The van der Waals surface area contributed by atoms with Crippen LogP contribution in [0.15, 0.2) is 12.1 Å². The van der Waals surface area contributed by atoms with E-state index in [1.54, 1.807) is 6.92 Å². The zero-order chi connectivity index (χ0) is 16.8. The van der Waals surface area contributed by atoms with Crippen LogP contribution < -0.4 is 0 Å². The number of rotatable bonds is 5. The molecule has 2 rings (SSSR count). The molecule has 0 heterocycles. The first-order valence-corrected chi connectivity index (χ1v) is 8.91. The molecule has 0 radical (unpaired) electrons. The largest absolute Gasteiger partial charge is 0.465 e. The van der Waals surface area contributed by atoms with E-state index in [0.29, 0.717) is 29.5 Å². The molecule has 1 atom stereocenters. The molecule has 124 valence electrons. The van der Waals surface area contributed by atoms with Crippen molar-refractivity contribution in [2.24, 2.45) is 0 Å². The second-order valence-corrected chi connectivity index (χ2v) is 6.84. The maximum atomic E-state index is 11.6. The Kier molecular flexibility index (Phi) is 6.74. The monoisotopic (exact) mass is 353 g/mol. The average molecular weight is 354 g/mol. The van der Waals surface area contributed by atoms with Gasteiger partial charge in [-0.05, 0) is 55.4 Å². The molecule has 1 aromatic carbocycles. The second kappa shape index (κ2) is 8.57. The summed E-state index contributed by atoms with van der Waals surface area (Å²) in [5.41, 5.74) is 2.35. The standard InChI is InChI=1S/C18H21Cl2NO2/c1-2-23-18(22)16(20)10-12-8-14(11-21)17(15(19)9-12)13-6-4-3-5-7-13/h8-9,13,16H,2-7,10H2,1H3. The summed E-state index contributed by atoms with van der Waals surface area (Å²) >= 11 is 12.5. The number of hydrogen-bond donors (Lipinski definition) is 0. The number of ether oxygens (including phenoxy) is 1. The first kappa shape index (κ1) is 18.1. The molecule has 0 bridgehead atoms. The molecule has 1 aromatic rings. The highest BCUT2D eigenvalue weighted by Crippen LogP contribution is 2.38. The summed E-state index contributed by atoms with van der Waals surface area (Å²) in [6.45, 7) is 2.04. The predicted octanol–water partition coefficient (Wildman–Crippen LogP) is 4.97. The lowest BCUT2D eigenvalue weighted by Crippen LogP contribution is -2.20. The molecule has 0 saturated heterocycles. The molecular weight excluding hydrogens is 333 g/mol. The number of hydrogen-bond acceptors (Lipinski definition) is 3. The zero-order valence-corrected chi connectivity index (χ0v) is 14.8. The molecule has 1 aliphatic carbocycles. The highest BCUT2D eigenvalue weighted by molar-refractivity contribution is 6.32. The van der Waals surface area contributed by atoms with Crippen LogP contribution in [0.25, 0.3) is 0 Å². The third-order valence-electron chi connectivity index (χ3n) is 4.28. The number of carbonyl (C=O) groups is 1. The Hall–Kier alpha value is -1.24. The number of carbonyl (C=O) groups excluding carboxylic acids is 1. The Bertz CT molecular complexity index is 604. The fourth-order valence-corrected chi connectivity index (χ4v) is 3.85. The number of nitrogens with zero attached hydrogens (tertiary/aromatic N) is 1. The molecule has 0 amide bonds. The summed E-state index contributed by atoms with van der Waals surface area (Å²) in [5.74, 6) is -0.0861. The fourth-order valence-electron chi connectivity index (χ4n) is 3.21. The van der Waals surface area contributed by atoms with Crippen LogP contribution >= 0.6 is 23.2 Å². The van der Waals surface area contributed by atoms with E-state index in [9.17, 15) is 10.1 Å². The molecule has 5 heteroatoms. The topological polar surface area (TPSA) is 50.1 Å². The van der Waals surface area contributed by atoms with Gasteiger partial charge in [0.2, 0.25) is 0 Å². The Morgan fingerprint density at radius 1 is 1.39 bits per heavy atom. The Labute approximate surface area is 147 Å². The van der Waals surface area contributed by atoms with Crippen LogP contribution in [0.4, 0.5) is 0 Å². The fraction of sp³-hybridized carbons (Fsp3) is 0.556. The van der Waals surface area contributed by atoms with E-state index in [1.807, 2.05) is 12.1 Å². The first-order valence-electron chi connectivity index (χ1n) is 8.10. The van der Waals surface area contributed by atoms with Crippen LogP contribution in [-0.4, -0.2) is 18.0 Å². The Morgan fingerprint density at radius 3 is 2.70 bits per heavy atom. The van der Waals surface area contributed by atoms with Gasteiger partial charge >= 0.3 is 5.97 Å². The third kappa shape index (κ3) is 4.62. The van der Waals surface area contributed by atoms with Gasteiger partial charge in [0.15, 0.2) is 0 Å². The molecule has 1 saturated carbocycles. The van der Waals surface area contributed by atoms with Gasteiger partial charge in [-0.2, -0.15) is 5.26 Å². The maximum Gasteiger partial charge on any atom is 0.324 e. The number of benzene rings is 1. The average Bonchev–Trinajstić information content (AvgIpc) is 2.55. The van der Waals surface area contributed by atoms with Gasteiger partial charge < -0.3 is 4.74 Å². The van der Waals surface area contributed by atoms with E-state index in [2.05, 4.69) is 6.07 Å². The Balaban J connectivity index is 2.22. The van der Waals surface area contributed by atoms with Crippen LogP contribution in [0.3, 0.4) is 0 Å². The molecule has 1 unspecified atom stereocenters.